The number of hydrogen-bond acceptors (Lipinski definition) is 8. The smallest absolute Gasteiger partial charge is 0.318 e. The molecule has 2 N–H and O–H groups in total. The number of hydrogen-bond donors (Lipinski definition) is 2. The second kappa shape index (κ2) is 10.2. The van der Waals surface area contributed by atoms with Gasteiger partial charge in [-0.25, -0.2) is 8.78 Å². The number of nitrogens with zero attached hydrogens (tertiary/aromatic N) is 5. The van der Waals surface area contributed by atoms with Gasteiger partial charge in [0.25, 0.3) is 5.91 Å². The van der Waals surface area contributed by atoms with E-state index in [2.05, 4.69) is 9.80 Å². The molecule has 5 atom stereocenters. The van der Waals surface area contributed by atoms with Gasteiger partial charge in [-0.3, -0.25) is 9.69 Å². The van der Waals surface area contributed by atoms with Crippen LogP contribution in [0.25, 0.3) is 10.8 Å². The third-order valence-corrected chi connectivity index (χ3v) is 10.7. The topological polar surface area (TPSA) is 102 Å². The van der Waals surface area contributed by atoms with Gasteiger partial charge in [0, 0.05) is 43.4 Å². The van der Waals surface area contributed by atoms with Crippen LogP contribution >= 0.6 is 0 Å². The number of aromatic hydroxyl groups is 1. The molecule has 3 aromatic rings. The maximum absolute atomic E-state index is 15.0. The quantitative estimate of drug-likeness (QED) is 0.428. The van der Waals surface area contributed by atoms with Crippen molar-refractivity contribution in [2.24, 2.45) is 11.8 Å². The Morgan fingerprint density at radius 3 is 2.84 bits per heavy atom. The summed E-state index contributed by atoms with van der Waals surface area (Å²) in [5.74, 6) is 0.148. The molecule has 0 spiro atoms. The van der Waals surface area contributed by atoms with Crippen molar-refractivity contribution in [1.29, 1.82) is 0 Å². The number of phenols is 1. The molecule has 44 heavy (non-hydrogen) atoms. The Morgan fingerprint density at radius 1 is 1.16 bits per heavy atom. The lowest BCUT2D eigenvalue weighted by atomic mass is 9.95. The van der Waals surface area contributed by atoms with Crippen molar-refractivity contribution in [2.75, 3.05) is 42.6 Å². The molecule has 1 aromatic heterocycles. The maximum atomic E-state index is 15.0. The number of carbonyl (C=O) groups is 1. The highest BCUT2D eigenvalue weighted by Crippen LogP contribution is 2.44. The van der Waals surface area contributed by atoms with E-state index in [1.165, 1.54) is 12.1 Å². The first-order valence-corrected chi connectivity index (χ1v) is 15.8. The highest BCUT2D eigenvalue weighted by molar-refractivity contribution is 6.16. The fourth-order valence-electron chi connectivity index (χ4n) is 8.74. The van der Waals surface area contributed by atoms with Crippen molar-refractivity contribution in [2.45, 2.75) is 69.8 Å². The normalized spacial score (nSPS) is 29.6. The molecule has 1 amide bonds. The molecule has 9 nitrogen and oxygen atoms in total. The first-order chi connectivity index (χ1) is 21.2. The van der Waals surface area contributed by atoms with Crippen LogP contribution in [0.1, 0.15) is 60.6 Å². The van der Waals surface area contributed by atoms with E-state index in [4.69, 9.17) is 14.7 Å². The van der Waals surface area contributed by atoms with E-state index in [0.717, 1.165) is 32.2 Å². The molecule has 4 fully saturated rings. The number of benzene rings is 2. The summed E-state index contributed by atoms with van der Waals surface area (Å²) in [7, 11) is 0. The summed E-state index contributed by atoms with van der Waals surface area (Å²) in [5.41, 5.74) is 1.38. The zero-order chi connectivity index (χ0) is 30.3. The van der Waals surface area contributed by atoms with E-state index < -0.39 is 6.17 Å². The van der Waals surface area contributed by atoms with E-state index in [1.807, 2.05) is 6.92 Å². The summed E-state index contributed by atoms with van der Waals surface area (Å²) in [6.07, 6.45) is 3.08. The molecule has 11 heteroatoms. The van der Waals surface area contributed by atoms with Gasteiger partial charge < -0.3 is 24.7 Å². The van der Waals surface area contributed by atoms with Crippen molar-refractivity contribution < 1.29 is 28.5 Å². The van der Waals surface area contributed by atoms with Gasteiger partial charge in [-0.2, -0.15) is 9.97 Å². The van der Waals surface area contributed by atoms with Gasteiger partial charge in [-0.15, -0.1) is 0 Å². The molecular weight excluding hydrogens is 568 g/mol. The van der Waals surface area contributed by atoms with Gasteiger partial charge >= 0.3 is 6.01 Å². The number of rotatable bonds is 6. The number of amides is 1. The molecule has 3 saturated heterocycles. The molecule has 2 bridgehead atoms. The Kier molecular flexibility index (Phi) is 6.50. The Balaban J connectivity index is 1.20. The summed E-state index contributed by atoms with van der Waals surface area (Å²) >= 11 is 0. The number of anilines is 2. The van der Waals surface area contributed by atoms with Crippen LogP contribution in [0.15, 0.2) is 24.3 Å². The predicted molar refractivity (Wildman–Crippen MR) is 160 cm³/mol. The second-order valence-corrected chi connectivity index (χ2v) is 13.4. The van der Waals surface area contributed by atoms with Crippen LogP contribution in [0.4, 0.5) is 20.3 Å². The van der Waals surface area contributed by atoms with Crippen LogP contribution in [0.5, 0.6) is 11.8 Å². The van der Waals surface area contributed by atoms with Crippen LogP contribution in [0.3, 0.4) is 0 Å². The molecule has 2 aromatic carbocycles. The summed E-state index contributed by atoms with van der Waals surface area (Å²) in [6, 6.07) is 6.24. The standard InChI is InChI=1S/C33H37F2N5O4/c1-2-23-24(35)5-4-19-10-22(41)11-26(28(19)23)40-16-25-29(31(40)43)30(38-13-18-8-20(14-38)27(42)9-18)37-32(36-25)44-17-33-6-3-7-39(33)15-21(34)12-33/h4-5,10-11,18,20-21,27,41-42H,2-3,6-9,12-17H2,1H3/t18?,20?,21-,27?,33+/m1/s1. The van der Waals surface area contributed by atoms with Crippen LogP contribution in [-0.2, 0) is 13.0 Å². The Bertz CT molecular complexity index is 1670. The Labute approximate surface area is 254 Å². The number of aryl methyl sites for hydroxylation is 1. The average Bonchev–Trinajstić information content (AvgIpc) is 3.70. The number of fused-ring (bicyclic) bond motifs is 5. The maximum Gasteiger partial charge on any atom is 0.318 e. The Morgan fingerprint density at radius 2 is 2.02 bits per heavy atom. The summed E-state index contributed by atoms with van der Waals surface area (Å²) in [6.45, 7) is 4.72. The summed E-state index contributed by atoms with van der Waals surface area (Å²) in [4.78, 5) is 29.7. The van der Waals surface area contributed by atoms with Crippen molar-refractivity contribution in [3.63, 3.8) is 0 Å². The highest BCUT2D eigenvalue weighted by atomic mass is 19.1. The van der Waals surface area contributed by atoms with Crippen molar-refractivity contribution in [3.8, 4) is 11.8 Å². The fourth-order valence-corrected chi connectivity index (χ4v) is 8.74. The number of halogens is 2. The first kappa shape index (κ1) is 27.9. The molecular formula is C33H37F2N5O4. The van der Waals surface area contributed by atoms with Gasteiger partial charge in [0.1, 0.15) is 35.7 Å². The minimum Gasteiger partial charge on any atom is -0.508 e. The lowest BCUT2D eigenvalue weighted by Crippen LogP contribution is -2.43. The molecule has 1 saturated carbocycles. The van der Waals surface area contributed by atoms with E-state index in [-0.39, 0.29) is 54.2 Å². The lowest BCUT2D eigenvalue weighted by molar-refractivity contribution is 0.0995. The second-order valence-electron chi connectivity index (χ2n) is 13.4. The van der Waals surface area contributed by atoms with E-state index in [0.29, 0.717) is 77.5 Å². The molecule has 5 aliphatic rings. The summed E-state index contributed by atoms with van der Waals surface area (Å²) in [5, 5.41) is 22.5. The van der Waals surface area contributed by atoms with Crippen LogP contribution in [0, 0.1) is 17.7 Å². The highest BCUT2D eigenvalue weighted by Gasteiger charge is 2.50. The molecule has 5 heterocycles. The molecule has 8 rings (SSSR count). The number of piperidine rings is 1. The molecule has 0 radical (unpaired) electrons. The van der Waals surface area contributed by atoms with Crippen molar-refractivity contribution >= 4 is 28.2 Å². The largest absolute Gasteiger partial charge is 0.508 e. The molecule has 1 aliphatic carbocycles. The SMILES string of the molecule is CCc1c(F)ccc2cc(O)cc(N3Cc4nc(OC[C@@]56CCCN5C[C@H](F)C6)nc(N5CC6CC(O)C(C6)C5)c4C3=O)c12. The minimum atomic E-state index is -0.883. The minimum absolute atomic E-state index is 0.0232. The van der Waals surface area contributed by atoms with Crippen LogP contribution < -0.4 is 14.5 Å². The number of phenolic OH excluding ortho intramolecular Hbond substituents is 1. The third kappa shape index (κ3) is 4.34. The van der Waals surface area contributed by atoms with Crippen LogP contribution in [0.2, 0.25) is 0 Å². The van der Waals surface area contributed by atoms with Gasteiger partial charge in [0.2, 0.25) is 0 Å². The number of aromatic nitrogens is 2. The number of alkyl halides is 1. The number of aliphatic hydroxyl groups excluding tert-OH is 1. The van der Waals surface area contributed by atoms with Crippen LogP contribution in [-0.4, -0.2) is 81.6 Å². The Hall–Kier alpha value is -3.57. The van der Waals surface area contributed by atoms with Crippen molar-refractivity contribution in [1.82, 2.24) is 14.9 Å². The number of carbonyl (C=O) groups excluding carboxylic acids is 1. The van der Waals surface area contributed by atoms with Gasteiger partial charge in [-0.05, 0) is 67.6 Å². The van der Waals surface area contributed by atoms with E-state index in [1.54, 1.807) is 17.0 Å². The molecule has 232 valence electrons. The zero-order valence-corrected chi connectivity index (χ0v) is 24.8. The number of ether oxygens (including phenoxy) is 1. The first-order valence-electron chi connectivity index (χ1n) is 15.8. The van der Waals surface area contributed by atoms with E-state index >= 15 is 0 Å². The van der Waals surface area contributed by atoms with Gasteiger partial charge in [-0.1, -0.05) is 13.0 Å². The molecule has 3 unspecified atom stereocenters. The summed E-state index contributed by atoms with van der Waals surface area (Å²) < 4.78 is 35.7. The average molecular weight is 606 g/mol. The monoisotopic (exact) mass is 605 g/mol. The van der Waals surface area contributed by atoms with Gasteiger partial charge in [0.15, 0.2) is 0 Å². The fraction of sp³-hybridized carbons (Fsp3) is 0.545. The lowest BCUT2D eigenvalue weighted by Gasteiger charge is -2.34. The van der Waals surface area contributed by atoms with E-state index in [9.17, 15) is 23.8 Å². The predicted octanol–water partition coefficient (Wildman–Crippen LogP) is 4.36. The third-order valence-electron chi connectivity index (χ3n) is 10.7. The number of aliphatic hydroxyl groups is 1. The zero-order valence-electron chi connectivity index (χ0n) is 24.8. The van der Waals surface area contributed by atoms with Gasteiger partial charge in [0.05, 0.1) is 29.6 Å². The van der Waals surface area contributed by atoms with Crippen molar-refractivity contribution in [3.05, 3.63) is 46.9 Å². The molecule has 4 aliphatic heterocycles.